The van der Waals surface area contributed by atoms with Gasteiger partial charge in [-0.1, -0.05) is 4.68 Å². The van der Waals surface area contributed by atoms with Gasteiger partial charge >= 0.3 is 0 Å². The van der Waals surface area contributed by atoms with Crippen LogP contribution in [-0.4, -0.2) is 21.0 Å². The van der Waals surface area contributed by atoms with Crippen LogP contribution in [0.1, 0.15) is 0 Å². The first-order valence-electron chi connectivity index (χ1n) is 4.67. The van der Waals surface area contributed by atoms with E-state index in [9.17, 15) is 4.79 Å². The van der Waals surface area contributed by atoms with Gasteiger partial charge in [-0.05, 0) is 11.2 Å². The lowest BCUT2D eigenvalue weighted by molar-refractivity contribution is -0.742. The molecule has 0 spiro atoms. The first-order valence-corrected chi connectivity index (χ1v) is 4.67. The van der Waals surface area contributed by atoms with Crippen LogP contribution in [0.5, 0.6) is 0 Å². The van der Waals surface area contributed by atoms with E-state index in [0.29, 0.717) is 5.82 Å². The van der Waals surface area contributed by atoms with Crippen LogP contribution in [0.15, 0.2) is 36.9 Å². The van der Waals surface area contributed by atoms with E-state index < -0.39 is 5.91 Å². The summed E-state index contributed by atoms with van der Waals surface area (Å²) in [5.41, 5.74) is 5.84. The number of hydrogen-bond acceptors (Lipinski definition) is 4. The Labute approximate surface area is 91.8 Å². The van der Waals surface area contributed by atoms with Crippen molar-refractivity contribution >= 4 is 5.91 Å². The van der Waals surface area contributed by atoms with Gasteiger partial charge in [0.15, 0.2) is 12.0 Å². The monoisotopic (exact) mass is 216 g/mol. The van der Waals surface area contributed by atoms with Gasteiger partial charge in [0, 0.05) is 24.0 Å². The molecule has 0 bridgehead atoms. The molecule has 2 aromatic heterocycles. The Hall–Kier alpha value is -2.37. The van der Waals surface area contributed by atoms with Gasteiger partial charge < -0.3 is 5.73 Å². The summed E-state index contributed by atoms with van der Waals surface area (Å²) in [5.74, 6) is 0.169. The van der Waals surface area contributed by atoms with Gasteiger partial charge in [-0.15, -0.1) is 0 Å². The van der Waals surface area contributed by atoms with Crippen molar-refractivity contribution in [2.24, 2.45) is 5.73 Å². The molecular weight excluding hydrogens is 206 g/mol. The van der Waals surface area contributed by atoms with Crippen LogP contribution >= 0.6 is 0 Å². The Kier molecular flexibility index (Phi) is 2.81. The minimum Gasteiger partial charge on any atom is -0.364 e. The molecular formula is C10H10N5O+. The van der Waals surface area contributed by atoms with Gasteiger partial charge in [-0.25, -0.2) is 9.97 Å². The Morgan fingerprint density at radius 2 is 2.12 bits per heavy atom. The first-order chi connectivity index (χ1) is 7.75. The van der Waals surface area contributed by atoms with Gasteiger partial charge in [0.05, 0.1) is 0 Å². The van der Waals surface area contributed by atoms with Crippen molar-refractivity contribution in [2.75, 3.05) is 0 Å². The van der Waals surface area contributed by atoms with Crippen LogP contribution < -0.4 is 10.4 Å². The zero-order valence-corrected chi connectivity index (χ0v) is 8.45. The Balaban J connectivity index is 2.23. The van der Waals surface area contributed by atoms with Crippen LogP contribution in [0.25, 0.3) is 11.4 Å². The predicted octanol–water partition coefficient (Wildman–Crippen LogP) is -0.689. The predicted molar refractivity (Wildman–Crippen MR) is 54.7 cm³/mol. The standard InChI is InChI=1S/C10H9N5O/c11-9(16)7-15-5-2-8(6-14-15)10-12-3-1-4-13-10/h1-6H,7H2,(H-,11,16)/p+1. The zero-order valence-electron chi connectivity index (χ0n) is 8.45. The maximum Gasteiger partial charge on any atom is 0.285 e. The summed E-state index contributed by atoms with van der Waals surface area (Å²) in [6, 6.07) is 3.53. The summed E-state index contributed by atoms with van der Waals surface area (Å²) in [7, 11) is 0. The van der Waals surface area contributed by atoms with Crippen LogP contribution in [0.4, 0.5) is 0 Å². The lowest BCUT2D eigenvalue weighted by atomic mass is 10.3. The highest BCUT2D eigenvalue weighted by atomic mass is 16.1. The lowest BCUT2D eigenvalue weighted by Gasteiger charge is -1.96. The van der Waals surface area contributed by atoms with E-state index in [4.69, 9.17) is 5.73 Å². The van der Waals surface area contributed by atoms with Crippen molar-refractivity contribution in [3.8, 4) is 11.4 Å². The lowest BCUT2D eigenvalue weighted by Crippen LogP contribution is -2.43. The van der Waals surface area contributed by atoms with Crippen molar-refractivity contribution in [2.45, 2.75) is 6.54 Å². The molecule has 0 atom stereocenters. The molecule has 0 unspecified atom stereocenters. The summed E-state index contributed by atoms with van der Waals surface area (Å²) >= 11 is 0. The van der Waals surface area contributed by atoms with Crippen molar-refractivity contribution in [3.63, 3.8) is 0 Å². The number of amides is 1. The topological polar surface area (TPSA) is 85.6 Å². The molecule has 2 N–H and O–H groups in total. The third kappa shape index (κ3) is 2.35. The molecule has 0 aliphatic carbocycles. The molecule has 2 heterocycles. The SMILES string of the molecule is NC(=O)C[n+]1ccc(-c2ncccn2)cn1. The molecule has 0 saturated heterocycles. The minimum absolute atomic E-state index is 0.0654. The molecule has 16 heavy (non-hydrogen) atoms. The zero-order chi connectivity index (χ0) is 11.4. The fourth-order valence-corrected chi connectivity index (χ4v) is 1.22. The van der Waals surface area contributed by atoms with E-state index in [1.54, 1.807) is 36.9 Å². The van der Waals surface area contributed by atoms with Crippen molar-refractivity contribution in [1.29, 1.82) is 0 Å². The molecule has 80 valence electrons. The van der Waals surface area contributed by atoms with Crippen LogP contribution in [0.3, 0.4) is 0 Å². The average Bonchev–Trinajstić information content (AvgIpc) is 2.30. The maximum atomic E-state index is 10.7. The van der Waals surface area contributed by atoms with Crippen LogP contribution in [0, 0.1) is 0 Å². The van der Waals surface area contributed by atoms with Gasteiger partial charge in [0.25, 0.3) is 12.5 Å². The molecule has 0 radical (unpaired) electrons. The van der Waals surface area contributed by atoms with Gasteiger partial charge in [-0.2, -0.15) is 0 Å². The summed E-state index contributed by atoms with van der Waals surface area (Å²) in [6.45, 7) is 0.0654. The number of carbonyl (C=O) groups excluding carboxylic acids is 1. The first kappa shape index (κ1) is 10.2. The molecule has 0 aliphatic rings. The second-order valence-corrected chi connectivity index (χ2v) is 3.15. The number of primary amides is 1. The number of nitrogens with two attached hydrogens (primary N) is 1. The minimum atomic E-state index is -0.429. The van der Waals surface area contributed by atoms with E-state index in [1.165, 1.54) is 4.68 Å². The Morgan fingerprint density at radius 1 is 1.38 bits per heavy atom. The van der Waals surface area contributed by atoms with Crippen LogP contribution in [0.2, 0.25) is 0 Å². The molecule has 2 rings (SSSR count). The van der Waals surface area contributed by atoms with Gasteiger partial charge in [0.2, 0.25) is 0 Å². The largest absolute Gasteiger partial charge is 0.364 e. The van der Waals surface area contributed by atoms with Gasteiger partial charge in [0.1, 0.15) is 6.20 Å². The van der Waals surface area contributed by atoms with Crippen molar-refractivity contribution in [1.82, 2.24) is 15.1 Å². The molecule has 2 aromatic rings. The Morgan fingerprint density at radius 3 is 2.69 bits per heavy atom. The molecule has 0 aliphatic heterocycles. The van der Waals surface area contributed by atoms with E-state index in [2.05, 4.69) is 15.1 Å². The quantitative estimate of drug-likeness (QED) is 0.688. The second-order valence-electron chi connectivity index (χ2n) is 3.15. The Bertz CT molecular complexity index is 482. The highest BCUT2D eigenvalue weighted by Crippen LogP contribution is 2.08. The average molecular weight is 216 g/mol. The molecule has 6 nitrogen and oxygen atoms in total. The van der Waals surface area contributed by atoms with Crippen molar-refractivity contribution in [3.05, 3.63) is 36.9 Å². The summed E-state index contributed by atoms with van der Waals surface area (Å²) in [5, 5.41) is 4.03. The van der Waals surface area contributed by atoms with E-state index in [1.807, 2.05) is 0 Å². The third-order valence-electron chi connectivity index (χ3n) is 1.91. The molecule has 0 aromatic carbocycles. The van der Waals surface area contributed by atoms with E-state index in [-0.39, 0.29) is 6.54 Å². The van der Waals surface area contributed by atoms with Crippen molar-refractivity contribution < 1.29 is 9.48 Å². The normalized spacial score (nSPS) is 10.0. The second kappa shape index (κ2) is 4.43. The summed E-state index contributed by atoms with van der Waals surface area (Å²) in [4.78, 5) is 18.8. The molecule has 0 fully saturated rings. The maximum absolute atomic E-state index is 10.7. The number of carbonyl (C=O) groups is 1. The smallest absolute Gasteiger partial charge is 0.285 e. The van der Waals surface area contributed by atoms with Gasteiger partial charge in [-0.3, -0.25) is 4.79 Å². The fraction of sp³-hybridized carbons (Fsp3) is 0.100. The highest BCUT2D eigenvalue weighted by molar-refractivity contribution is 5.72. The number of aromatic nitrogens is 4. The number of rotatable bonds is 3. The highest BCUT2D eigenvalue weighted by Gasteiger charge is 2.08. The van der Waals surface area contributed by atoms with Crippen LogP contribution in [-0.2, 0) is 11.3 Å². The summed E-state index contributed by atoms with van der Waals surface area (Å²) in [6.07, 6.45) is 6.58. The number of hydrogen-bond donors (Lipinski definition) is 1. The molecule has 0 saturated carbocycles. The third-order valence-corrected chi connectivity index (χ3v) is 1.91. The molecule has 6 heteroatoms. The summed E-state index contributed by atoms with van der Waals surface area (Å²) < 4.78 is 1.45. The van der Waals surface area contributed by atoms with E-state index >= 15 is 0 Å². The van der Waals surface area contributed by atoms with E-state index in [0.717, 1.165) is 5.56 Å². The number of nitrogens with zero attached hydrogens (tertiary/aromatic N) is 4. The fourth-order valence-electron chi connectivity index (χ4n) is 1.22. The molecule has 1 amide bonds.